The molecule has 2 aliphatic rings. The molecule has 0 radical (unpaired) electrons. The number of ether oxygens (including phenoxy) is 3. The first kappa shape index (κ1) is 21.0. The number of fused-ring (bicyclic) bond motifs is 1. The molecule has 0 bridgehead atoms. The van der Waals surface area contributed by atoms with Crippen LogP contribution in [0.15, 0.2) is 24.4 Å². The minimum Gasteiger partial charge on any atom is -0.493 e. The van der Waals surface area contributed by atoms with Gasteiger partial charge < -0.3 is 19.0 Å². The van der Waals surface area contributed by atoms with E-state index in [0.717, 1.165) is 54.9 Å². The fraction of sp³-hybridized carbons (Fsp3) is 0.625. The molecule has 1 aromatic heterocycles. The van der Waals surface area contributed by atoms with E-state index in [-0.39, 0.29) is 23.9 Å². The summed E-state index contributed by atoms with van der Waals surface area (Å²) in [6.07, 6.45) is 9.14. The molecule has 6 nitrogen and oxygen atoms in total. The summed E-state index contributed by atoms with van der Waals surface area (Å²) >= 11 is 0. The van der Waals surface area contributed by atoms with Crippen molar-refractivity contribution in [3.05, 3.63) is 24.4 Å². The minimum atomic E-state index is 0.123. The van der Waals surface area contributed by atoms with E-state index in [0.29, 0.717) is 19.0 Å². The monoisotopic (exact) mass is 412 g/mol. The van der Waals surface area contributed by atoms with Crippen molar-refractivity contribution in [3.8, 4) is 11.8 Å². The molecule has 0 unspecified atom stereocenters. The normalized spacial score (nSPS) is 22.6. The number of carbonyl (C=O) groups is 1. The Hall–Kier alpha value is -2.21. The summed E-state index contributed by atoms with van der Waals surface area (Å²) in [5.41, 5.74) is 0.871. The van der Waals surface area contributed by atoms with Crippen LogP contribution in [0.4, 0.5) is 0 Å². The van der Waals surface area contributed by atoms with Crippen LogP contribution in [0.1, 0.15) is 58.8 Å². The maximum absolute atomic E-state index is 11.2. The van der Waals surface area contributed by atoms with Gasteiger partial charge >= 0.3 is 6.01 Å². The third kappa shape index (κ3) is 6.14. The molecular weight excluding hydrogens is 380 g/mol. The smallest absolute Gasteiger partial charge is 0.317 e. The molecule has 162 valence electrons. The first-order valence-corrected chi connectivity index (χ1v) is 11.2. The highest BCUT2D eigenvalue weighted by Crippen LogP contribution is 2.30. The largest absolute Gasteiger partial charge is 0.493 e. The van der Waals surface area contributed by atoms with Crippen molar-refractivity contribution in [2.45, 2.75) is 71.0 Å². The van der Waals surface area contributed by atoms with Crippen molar-refractivity contribution in [2.24, 2.45) is 11.8 Å². The number of benzene rings is 1. The number of ketones is 1. The fourth-order valence-electron chi connectivity index (χ4n) is 3.96. The Morgan fingerprint density at radius 3 is 2.63 bits per heavy atom. The van der Waals surface area contributed by atoms with Crippen LogP contribution >= 0.6 is 0 Å². The first-order valence-electron chi connectivity index (χ1n) is 11.2. The second-order valence-electron chi connectivity index (χ2n) is 8.99. The average molecular weight is 413 g/mol. The summed E-state index contributed by atoms with van der Waals surface area (Å²) in [4.78, 5) is 20.2. The van der Waals surface area contributed by atoms with Gasteiger partial charge in [-0.2, -0.15) is 4.98 Å². The molecule has 2 fully saturated rings. The Kier molecular flexibility index (Phi) is 6.82. The molecule has 1 aromatic carbocycles. The van der Waals surface area contributed by atoms with Gasteiger partial charge in [0.05, 0.1) is 18.2 Å². The quantitative estimate of drug-likeness (QED) is 0.561. The number of hydrogen-bond donors (Lipinski definition) is 0. The Morgan fingerprint density at radius 1 is 1.13 bits per heavy atom. The lowest BCUT2D eigenvalue weighted by Crippen LogP contribution is -2.30. The average Bonchev–Trinajstić information content (AvgIpc) is 3.56. The number of rotatable bonds is 10. The summed E-state index contributed by atoms with van der Waals surface area (Å²) in [5, 5.41) is 0.965. The van der Waals surface area contributed by atoms with Crippen molar-refractivity contribution in [1.82, 2.24) is 9.97 Å². The number of hydrogen-bond acceptors (Lipinski definition) is 6. The van der Waals surface area contributed by atoms with Gasteiger partial charge in [-0.25, -0.2) is 4.98 Å². The molecule has 2 aromatic rings. The summed E-state index contributed by atoms with van der Waals surface area (Å²) in [6.45, 7) is 5.15. The van der Waals surface area contributed by atoms with Crippen LogP contribution in [0, 0.1) is 11.8 Å². The zero-order valence-corrected chi connectivity index (χ0v) is 18.0. The molecule has 0 saturated heterocycles. The van der Waals surface area contributed by atoms with E-state index in [2.05, 4.69) is 16.9 Å². The molecule has 0 amide bonds. The van der Waals surface area contributed by atoms with E-state index in [1.54, 1.807) is 6.92 Å². The van der Waals surface area contributed by atoms with E-state index < -0.39 is 0 Å². The molecule has 0 N–H and O–H groups in total. The molecule has 2 saturated carbocycles. The van der Waals surface area contributed by atoms with Gasteiger partial charge in [-0.05, 0) is 75.5 Å². The van der Waals surface area contributed by atoms with Crippen molar-refractivity contribution in [3.63, 3.8) is 0 Å². The summed E-state index contributed by atoms with van der Waals surface area (Å²) in [6, 6.07) is 6.38. The second-order valence-corrected chi connectivity index (χ2v) is 8.99. The molecule has 30 heavy (non-hydrogen) atoms. The number of aromatic nitrogens is 2. The summed E-state index contributed by atoms with van der Waals surface area (Å²) < 4.78 is 17.9. The van der Waals surface area contributed by atoms with Crippen LogP contribution in [0.25, 0.3) is 10.9 Å². The van der Waals surface area contributed by atoms with Crippen LogP contribution in [-0.2, 0) is 9.53 Å². The van der Waals surface area contributed by atoms with Crippen molar-refractivity contribution in [2.75, 3.05) is 13.2 Å². The predicted molar refractivity (Wildman–Crippen MR) is 115 cm³/mol. The number of Topliss-reactive ketones (excluding diaryl/α,β-unsaturated/α-hetero) is 1. The number of carbonyl (C=O) groups excluding carboxylic acids is 1. The standard InChI is InChI=1S/C24H32N2O4/c1-16(11-17(2)27)14-28-20-5-7-21(8-6-20)30-24-25-13-19-12-22(9-10-23(19)26-24)29-15-18-3-4-18/h9-10,12-13,16,18,20-21H,3-8,11,14-15H2,1-2H3/t16-,20?,21?/m1/s1. The summed E-state index contributed by atoms with van der Waals surface area (Å²) in [7, 11) is 0. The Balaban J connectivity index is 1.24. The van der Waals surface area contributed by atoms with Gasteiger partial charge in [0.25, 0.3) is 0 Å². The zero-order chi connectivity index (χ0) is 20.9. The number of nitrogens with zero attached hydrogens (tertiary/aromatic N) is 2. The van der Waals surface area contributed by atoms with E-state index >= 15 is 0 Å². The van der Waals surface area contributed by atoms with E-state index in [4.69, 9.17) is 14.2 Å². The molecule has 0 aliphatic heterocycles. The van der Waals surface area contributed by atoms with Gasteiger partial charge in [0.1, 0.15) is 17.6 Å². The Labute approximate surface area is 178 Å². The lowest BCUT2D eigenvalue weighted by atomic mass is 9.95. The van der Waals surface area contributed by atoms with Gasteiger partial charge in [0.15, 0.2) is 0 Å². The molecule has 4 rings (SSSR count). The fourth-order valence-corrected chi connectivity index (χ4v) is 3.96. The highest BCUT2D eigenvalue weighted by molar-refractivity contribution is 5.79. The summed E-state index contributed by atoms with van der Waals surface area (Å²) in [5.74, 6) is 2.11. The molecule has 0 spiro atoms. The van der Waals surface area contributed by atoms with E-state index in [1.165, 1.54) is 12.8 Å². The van der Waals surface area contributed by atoms with Crippen molar-refractivity contribution < 1.29 is 19.0 Å². The van der Waals surface area contributed by atoms with Gasteiger partial charge in [-0.3, -0.25) is 0 Å². The molecular formula is C24H32N2O4. The van der Waals surface area contributed by atoms with Crippen LogP contribution in [0.5, 0.6) is 11.8 Å². The van der Waals surface area contributed by atoms with Crippen molar-refractivity contribution in [1.29, 1.82) is 0 Å². The highest BCUT2D eigenvalue weighted by Gasteiger charge is 2.24. The van der Waals surface area contributed by atoms with Crippen LogP contribution in [0.3, 0.4) is 0 Å². The zero-order valence-electron chi connectivity index (χ0n) is 18.0. The molecule has 6 heteroatoms. The Morgan fingerprint density at radius 2 is 1.90 bits per heavy atom. The molecule has 1 heterocycles. The Bertz CT molecular complexity index is 859. The van der Waals surface area contributed by atoms with Gasteiger partial charge in [-0.15, -0.1) is 0 Å². The van der Waals surface area contributed by atoms with E-state index in [9.17, 15) is 4.79 Å². The second kappa shape index (κ2) is 9.73. The lowest BCUT2D eigenvalue weighted by molar-refractivity contribution is -0.118. The van der Waals surface area contributed by atoms with Crippen molar-refractivity contribution >= 4 is 16.7 Å². The van der Waals surface area contributed by atoms with Crippen LogP contribution < -0.4 is 9.47 Å². The molecule has 2 aliphatic carbocycles. The van der Waals surface area contributed by atoms with Gasteiger partial charge in [0.2, 0.25) is 0 Å². The van der Waals surface area contributed by atoms with Crippen LogP contribution in [0.2, 0.25) is 0 Å². The maximum Gasteiger partial charge on any atom is 0.317 e. The van der Waals surface area contributed by atoms with E-state index in [1.807, 2.05) is 24.4 Å². The third-order valence-corrected chi connectivity index (χ3v) is 5.86. The maximum atomic E-state index is 11.2. The third-order valence-electron chi connectivity index (χ3n) is 5.86. The predicted octanol–water partition coefficient (Wildman–Crippen LogP) is 4.74. The SMILES string of the molecule is CC(=O)C[C@@H](C)COC1CCC(Oc2ncc3cc(OCC4CC4)ccc3n2)CC1. The van der Waals surface area contributed by atoms with Gasteiger partial charge in [-0.1, -0.05) is 6.92 Å². The first-order chi connectivity index (χ1) is 14.5. The van der Waals surface area contributed by atoms with Crippen LogP contribution in [-0.4, -0.2) is 41.2 Å². The molecule has 1 atom stereocenters. The highest BCUT2D eigenvalue weighted by atomic mass is 16.5. The minimum absolute atomic E-state index is 0.123. The topological polar surface area (TPSA) is 70.5 Å². The van der Waals surface area contributed by atoms with Gasteiger partial charge in [0, 0.05) is 24.6 Å². The lowest BCUT2D eigenvalue weighted by Gasteiger charge is -2.29.